The molecule has 6 rings (SSSR count). The molecule has 1 spiro atoms. The number of fused-ring (bicyclic) bond motifs is 1. The van der Waals surface area contributed by atoms with Gasteiger partial charge in [-0.25, -0.2) is 0 Å². The largest absolute Gasteiger partial charge is 0.408 e. The number of carbonyl (C=O) groups is 1. The van der Waals surface area contributed by atoms with Crippen molar-refractivity contribution in [2.75, 3.05) is 25.0 Å². The smallest absolute Gasteiger partial charge is 0.315 e. The van der Waals surface area contributed by atoms with Gasteiger partial charge >= 0.3 is 6.01 Å². The number of anilines is 1. The molecule has 2 N–H and O–H groups in total. The van der Waals surface area contributed by atoms with Crippen LogP contribution in [0.25, 0.3) is 10.9 Å². The number of para-hydroxylation sites is 1. The lowest BCUT2D eigenvalue weighted by Crippen LogP contribution is -2.41. The van der Waals surface area contributed by atoms with Crippen LogP contribution in [0.4, 0.5) is 6.01 Å². The maximum absolute atomic E-state index is 12.5. The minimum absolute atomic E-state index is 0.107. The fourth-order valence-corrected chi connectivity index (χ4v) is 4.74. The van der Waals surface area contributed by atoms with E-state index in [0.717, 1.165) is 43.3 Å². The molecular weight excluding hydrogens is 368 g/mol. The molecule has 1 aliphatic heterocycles. The van der Waals surface area contributed by atoms with Gasteiger partial charge in [0.05, 0.1) is 18.3 Å². The number of carbonyl (C=O) groups excluding carboxylic acids is 1. The fraction of sp³-hybridized carbons (Fsp3) is 0.524. The van der Waals surface area contributed by atoms with E-state index in [1.54, 1.807) is 0 Å². The second kappa shape index (κ2) is 6.30. The minimum Gasteiger partial charge on any atom is -0.408 e. The summed E-state index contributed by atoms with van der Waals surface area (Å²) >= 11 is 0. The van der Waals surface area contributed by atoms with Crippen LogP contribution in [0.3, 0.4) is 0 Å². The van der Waals surface area contributed by atoms with Crippen LogP contribution in [-0.4, -0.2) is 50.8 Å². The van der Waals surface area contributed by atoms with E-state index < -0.39 is 0 Å². The van der Waals surface area contributed by atoms with Crippen LogP contribution in [0.15, 0.2) is 28.8 Å². The number of aromatic amines is 1. The predicted octanol–water partition coefficient (Wildman–Crippen LogP) is 3.03. The van der Waals surface area contributed by atoms with Crippen molar-refractivity contribution in [3.8, 4) is 0 Å². The third-order valence-corrected chi connectivity index (χ3v) is 6.98. The van der Waals surface area contributed by atoms with Crippen molar-refractivity contribution < 1.29 is 9.21 Å². The van der Waals surface area contributed by atoms with E-state index in [1.807, 2.05) is 11.1 Å². The first-order chi connectivity index (χ1) is 14.2. The van der Waals surface area contributed by atoms with Crippen molar-refractivity contribution in [3.63, 3.8) is 0 Å². The summed E-state index contributed by atoms with van der Waals surface area (Å²) in [6, 6.07) is 6.57. The molecule has 2 aliphatic carbocycles. The average Bonchev–Trinajstić information content (AvgIpc) is 3.58. The van der Waals surface area contributed by atoms with Gasteiger partial charge in [-0.3, -0.25) is 9.89 Å². The molecule has 1 saturated heterocycles. The maximum Gasteiger partial charge on any atom is 0.315 e. The van der Waals surface area contributed by atoms with E-state index >= 15 is 0 Å². The molecule has 3 fully saturated rings. The number of piperidine rings is 1. The summed E-state index contributed by atoms with van der Waals surface area (Å²) in [5, 5.41) is 19.7. The summed E-state index contributed by atoms with van der Waals surface area (Å²) < 4.78 is 5.80. The summed E-state index contributed by atoms with van der Waals surface area (Å²) in [4.78, 5) is 14.4. The van der Waals surface area contributed by atoms with Gasteiger partial charge in [-0.1, -0.05) is 23.3 Å². The Morgan fingerprint density at radius 3 is 2.90 bits per heavy atom. The summed E-state index contributed by atoms with van der Waals surface area (Å²) in [6.07, 6.45) is 7.80. The number of amides is 1. The zero-order valence-corrected chi connectivity index (χ0v) is 16.2. The van der Waals surface area contributed by atoms with Crippen molar-refractivity contribution in [3.05, 3.63) is 35.9 Å². The highest BCUT2D eigenvalue weighted by Crippen LogP contribution is 2.55. The van der Waals surface area contributed by atoms with Crippen LogP contribution in [0.5, 0.6) is 0 Å². The van der Waals surface area contributed by atoms with Gasteiger partial charge in [-0.05, 0) is 49.0 Å². The number of aromatic nitrogens is 4. The van der Waals surface area contributed by atoms with E-state index in [1.165, 1.54) is 18.4 Å². The Bertz CT molecular complexity index is 1060. The second-order valence-corrected chi connectivity index (χ2v) is 8.81. The Balaban J connectivity index is 1.06. The lowest BCUT2D eigenvalue weighted by Gasteiger charge is -2.32. The van der Waals surface area contributed by atoms with Gasteiger partial charge in [-0.15, -0.1) is 5.10 Å². The topological polar surface area (TPSA) is 99.9 Å². The predicted molar refractivity (Wildman–Crippen MR) is 106 cm³/mol. The Morgan fingerprint density at radius 2 is 2.07 bits per heavy atom. The fourth-order valence-electron chi connectivity index (χ4n) is 4.74. The van der Waals surface area contributed by atoms with Crippen LogP contribution < -0.4 is 5.32 Å². The number of hydrogen-bond donors (Lipinski definition) is 2. The molecule has 8 nitrogen and oxygen atoms in total. The third-order valence-electron chi connectivity index (χ3n) is 6.98. The third kappa shape index (κ3) is 3.07. The van der Waals surface area contributed by atoms with Crippen LogP contribution in [-0.2, 0) is 4.79 Å². The monoisotopic (exact) mass is 392 g/mol. The number of hydrogen-bond acceptors (Lipinski definition) is 6. The molecule has 0 radical (unpaired) electrons. The zero-order chi connectivity index (χ0) is 19.4. The van der Waals surface area contributed by atoms with Crippen LogP contribution in [0.1, 0.15) is 55.4 Å². The number of H-pyrrole nitrogens is 1. The van der Waals surface area contributed by atoms with E-state index in [2.05, 4.69) is 43.9 Å². The van der Waals surface area contributed by atoms with E-state index in [9.17, 15) is 4.79 Å². The first kappa shape index (κ1) is 17.0. The molecule has 1 aromatic carbocycles. The van der Waals surface area contributed by atoms with Crippen molar-refractivity contribution >= 4 is 22.8 Å². The highest BCUT2D eigenvalue weighted by Gasteiger charge is 2.45. The van der Waals surface area contributed by atoms with E-state index in [4.69, 9.17) is 4.42 Å². The van der Waals surface area contributed by atoms with Gasteiger partial charge in [-0.2, -0.15) is 5.10 Å². The standard InChI is InChI=1S/C21H24N6O2/c28-17(27-8-6-21(4-5-21)7-9-27)12-22-20-26-25-19(29-20)16-10-15(16)14-3-1-2-13-11-23-24-18(13)14/h1-3,11,15-16H,4-10,12H2,(H,22,26)(H,23,24)/t15?,16-/m1/s1. The van der Waals surface area contributed by atoms with E-state index in [0.29, 0.717) is 23.2 Å². The summed E-state index contributed by atoms with van der Waals surface area (Å²) in [7, 11) is 0. The van der Waals surface area contributed by atoms with Crippen molar-refractivity contribution in [1.82, 2.24) is 25.3 Å². The van der Waals surface area contributed by atoms with Crippen molar-refractivity contribution in [2.45, 2.75) is 43.9 Å². The highest BCUT2D eigenvalue weighted by atomic mass is 16.4. The van der Waals surface area contributed by atoms with Gasteiger partial charge < -0.3 is 14.6 Å². The highest BCUT2D eigenvalue weighted by molar-refractivity contribution is 5.82. The average molecular weight is 392 g/mol. The summed E-state index contributed by atoms with van der Waals surface area (Å²) in [5.41, 5.74) is 2.90. The van der Waals surface area contributed by atoms with Gasteiger partial charge in [0.2, 0.25) is 11.8 Å². The first-order valence-electron chi connectivity index (χ1n) is 10.5. The van der Waals surface area contributed by atoms with E-state index in [-0.39, 0.29) is 18.4 Å². The Labute approximate surface area is 168 Å². The molecule has 2 aromatic heterocycles. The first-order valence-corrected chi connectivity index (χ1v) is 10.5. The molecule has 0 bridgehead atoms. The molecule has 1 amide bonds. The Hall–Kier alpha value is -2.90. The van der Waals surface area contributed by atoms with Gasteiger partial charge in [0.15, 0.2) is 0 Å². The SMILES string of the molecule is O=C(CNc1nnc([C@@H]2CC2c2cccc3cn[nH]c23)o1)N1CCC2(CC1)CC2. The van der Waals surface area contributed by atoms with Crippen molar-refractivity contribution in [1.29, 1.82) is 0 Å². The zero-order valence-electron chi connectivity index (χ0n) is 16.2. The molecule has 150 valence electrons. The molecule has 8 heteroatoms. The maximum atomic E-state index is 12.5. The normalized spacial score (nSPS) is 24.8. The number of rotatable bonds is 5. The molecule has 2 atom stereocenters. The van der Waals surface area contributed by atoms with Gasteiger partial charge in [0.1, 0.15) is 0 Å². The molecule has 3 aromatic rings. The van der Waals surface area contributed by atoms with Crippen LogP contribution >= 0.6 is 0 Å². The summed E-state index contributed by atoms with van der Waals surface area (Å²) in [6.45, 7) is 1.95. The van der Waals surface area contributed by atoms with Crippen LogP contribution in [0, 0.1) is 5.41 Å². The number of nitrogens with zero attached hydrogens (tertiary/aromatic N) is 4. The molecule has 29 heavy (non-hydrogen) atoms. The molecular formula is C21H24N6O2. The van der Waals surface area contributed by atoms with Gasteiger partial charge in [0.25, 0.3) is 0 Å². The second-order valence-electron chi connectivity index (χ2n) is 8.81. The number of nitrogens with one attached hydrogen (secondary N) is 2. The minimum atomic E-state index is 0.107. The number of benzene rings is 1. The summed E-state index contributed by atoms with van der Waals surface area (Å²) in [5.74, 6) is 1.32. The van der Waals surface area contributed by atoms with Crippen LogP contribution in [0.2, 0.25) is 0 Å². The lowest BCUT2D eigenvalue weighted by molar-refractivity contribution is -0.130. The quantitative estimate of drug-likeness (QED) is 0.692. The Morgan fingerprint density at radius 1 is 1.21 bits per heavy atom. The molecule has 1 unspecified atom stereocenters. The molecule has 3 heterocycles. The van der Waals surface area contributed by atoms with Gasteiger partial charge in [0, 0.05) is 24.4 Å². The Kier molecular flexibility index (Phi) is 3.69. The molecule has 3 aliphatic rings. The molecule has 2 saturated carbocycles. The lowest BCUT2D eigenvalue weighted by atomic mass is 9.94. The van der Waals surface area contributed by atoms with Crippen molar-refractivity contribution in [2.24, 2.45) is 5.41 Å². The number of likely N-dealkylation sites (tertiary alicyclic amines) is 1.